The van der Waals surface area contributed by atoms with E-state index in [0.29, 0.717) is 23.8 Å². The summed E-state index contributed by atoms with van der Waals surface area (Å²) >= 11 is 0. The Balaban J connectivity index is 1.57. The second-order valence-electron chi connectivity index (χ2n) is 11.1. The van der Waals surface area contributed by atoms with Crippen LogP contribution in [0.3, 0.4) is 0 Å². The topological polar surface area (TPSA) is 93.2 Å². The van der Waals surface area contributed by atoms with E-state index in [-0.39, 0.29) is 16.9 Å². The van der Waals surface area contributed by atoms with Crippen LogP contribution >= 0.6 is 10.0 Å². The molecule has 1 aliphatic heterocycles. The molecule has 7 nitrogen and oxygen atoms in total. The third-order valence-electron chi connectivity index (χ3n) is 6.92. The van der Waals surface area contributed by atoms with Gasteiger partial charge in [-0.15, -0.1) is 0 Å². The van der Waals surface area contributed by atoms with Gasteiger partial charge in [0, 0.05) is 17.3 Å². The number of fused-ring (bicyclic) bond motifs is 4. The fourth-order valence-corrected chi connectivity index (χ4v) is 6.57. The third-order valence-corrected chi connectivity index (χ3v) is 9.67. The fraction of sp³-hybridized carbons (Fsp3) is 0.290. The number of sulfonamides is 1. The summed E-state index contributed by atoms with van der Waals surface area (Å²) in [6, 6.07) is 23.1. The van der Waals surface area contributed by atoms with E-state index >= 15 is 0 Å². The molecule has 1 aromatic heterocycles. The molecule has 0 saturated heterocycles. The number of nitrogens with zero attached hydrogens (tertiary/aromatic N) is 2. The van der Waals surface area contributed by atoms with Gasteiger partial charge in [-0.2, -0.15) is 4.98 Å². The molecule has 210 valence electrons. The number of rotatable bonds is 5. The molecule has 0 spiro atoms. The predicted octanol–water partition coefficient (Wildman–Crippen LogP) is 6.34. The third kappa shape index (κ3) is 6.59. The van der Waals surface area contributed by atoms with E-state index < -0.39 is 20.1 Å². The monoisotopic (exact) mass is 576 g/mol. The van der Waals surface area contributed by atoms with Gasteiger partial charge in [-0.25, -0.2) is 28.2 Å². The molecule has 9 heteroatoms. The first-order valence-electron chi connectivity index (χ1n) is 13.2. The van der Waals surface area contributed by atoms with Crippen molar-refractivity contribution in [2.75, 3.05) is 41.1 Å². The summed E-state index contributed by atoms with van der Waals surface area (Å²) in [4.78, 5) is 9.23. The first-order chi connectivity index (χ1) is 19.0. The van der Waals surface area contributed by atoms with Gasteiger partial charge in [0.15, 0.2) is 0 Å². The molecule has 4 aromatic rings. The van der Waals surface area contributed by atoms with E-state index in [0.717, 1.165) is 28.7 Å². The molecule has 0 amide bonds. The number of aromatic nitrogens is 2. The van der Waals surface area contributed by atoms with Gasteiger partial charge >= 0.3 is 0 Å². The zero-order valence-corrected chi connectivity index (χ0v) is 25.2. The molecule has 4 bridgehead atoms. The lowest BCUT2D eigenvalue weighted by atomic mass is 10.00. The summed E-state index contributed by atoms with van der Waals surface area (Å²) in [6.07, 6.45) is 7.68. The van der Waals surface area contributed by atoms with Gasteiger partial charge in [-0.1, -0.05) is 48.5 Å². The Morgan fingerprint density at radius 1 is 0.925 bits per heavy atom. The first kappa shape index (κ1) is 28.0. The average molecular weight is 577 g/mol. The highest BCUT2D eigenvalue weighted by molar-refractivity contribution is 8.32. The largest absolute Gasteiger partial charge is 0.467 e. The zero-order valence-electron chi connectivity index (χ0n) is 23.6. The Morgan fingerprint density at radius 3 is 2.33 bits per heavy atom. The first-order valence-corrected chi connectivity index (χ1v) is 17.7. The molecule has 40 heavy (non-hydrogen) atoms. The molecule has 2 heterocycles. The van der Waals surface area contributed by atoms with Crippen LogP contribution in [-0.2, 0) is 16.4 Å². The van der Waals surface area contributed by atoms with Crippen LogP contribution in [0.15, 0.2) is 77.7 Å². The van der Waals surface area contributed by atoms with Gasteiger partial charge in [0.25, 0.3) is 10.0 Å². The van der Waals surface area contributed by atoms with Gasteiger partial charge in [-0.3, -0.25) is 0 Å². The van der Waals surface area contributed by atoms with Crippen LogP contribution in [0.1, 0.15) is 28.4 Å². The highest BCUT2D eigenvalue weighted by Gasteiger charge is 2.22. The molecule has 0 fully saturated rings. The minimum Gasteiger partial charge on any atom is -0.467 e. The Kier molecular flexibility index (Phi) is 7.79. The van der Waals surface area contributed by atoms with Gasteiger partial charge < -0.3 is 10.1 Å². The van der Waals surface area contributed by atoms with E-state index in [1.54, 1.807) is 24.3 Å². The molecule has 1 atom stereocenters. The smallest absolute Gasteiger partial charge is 0.264 e. The summed E-state index contributed by atoms with van der Waals surface area (Å²) in [7, 11) is -4.49. The molecular formula is C31H36N4O3S2. The predicted molar refractivity (Wildman–Crippen MR) is 166 cm³/mol. The summed E-state index contributed by atoms with van der Waals surface area (Å²) in [5.74, 6) is 1.44. The number of hydrogen-bond donors (Lipinski definition) is 2. The number of anilines is 2. The van der Waals surface area contributed by atoms with E-state index in [2.05, 4.69) is 63.0 Å². The Labute approximate surface area is 238 Å². The lowest BCUT2D eigenvalue weighted by molar-refractivity contribution is 0.210. The highest BCUT2D eigenvalue weighted by Crippen LogP contribution is 2.35. The van der Waals surface area contributed by atoms with Crippen molar-refractivity contribution in [1.82, 2.24) is 9.97 Å². The SMILES string of the molecule is Cc1cccc(C)c1-c1cc2nc(n1)NS(=O)(=O)c1cccc(c1)NC[C@@H](c1ccc(CCS(C)(C)C)cc1)O2. The van der Waals surface area contributed by atoms with Crippen molar-refractivity contribution in [1.29, 1.82) is 0 Å². The van der Waals surface area contributed by atoms with Crippen molar-refractivity contribution in [3.8, 4) is 17.1 Å². The summed E-state index contributed by atoms with van der Waals surface area (Å²) in [5, 5.41) is 3.36. The lowest BCUT2D eigenvalue weighted by Crippen LogP contribution is -2.21. The van der Waals surface area contributed by atoms with Crippen molar-refractivity contribution < 1.29 is 13.2 Å². The van der Waals surface area contributed by atoms with Crippen LogP contribution in [0.5, 0.6) is 5.88 Å². The summed E-state index contributed by atoms with van der Waals surface area (Å²) in [6.45, 7) is 4.43. The minimum absolute atomic E-state index is 0.0344. The van der Waals surface area contributed by atoms with Crippen molar-refractivity contribution >= 4 is 31.7 Å². The number of aryl methyl sites for hydroxylation is 3. The average Bonchev–Trinajstić information content (AvgIpc) is 2.89. The van der Waals surface area contributed by atoms with Gasteiger partial charge in [-0.05, 0) is 85.2 Å². The fourth-order valence-electron chi connectivity index (χ4n) is 4.74. The summed E-state index contributed by atoms with van der Waals surface area (Å²) in [5.41, 5.74) is 6.55. The number of ether oxygens (including phenoxy) is 1. The van der Waals surface area contributed by atoms with Crippen molar-refractivity contribution in [2.45, 2.75) is 31.3 Å². The second kappa shape index (κ2) is 11.1. The van der Waals surface area contributed by atoms with Gasteiger partial charge in [0.2, 0.25) is 11.8 Å². The van der Waals surface area contributed by atoms with Crippen LogP contribution < -0.4 is 14.8 Å². The molecule has 0 unspecified atom stereocenters. The maximum absolute atomic E-state index is 13.2. The van der Waals surface area contributed by atoms with Crippen molar-refractivity contribution in [2.24, 2.45) is 0 Å². The Morgan fingerprint density at radius 2 is 1.62 bits per heavy atom. The van der Waals surface area contributed by atoms with Crippen LogP contribution in [0.2, 0.25) is 0 Å². The number of benzene rings is 3. The van der Waals surface area contributed by atoms with Gasteiger partial charge in [0.1, 0.15) is 6.10 Å². The quantitative estimate of drug-likeness (QED) is 0.288. The highest BCUT2D eigenvalue weighted by atomic mass is 32.3. The number of nitrogens with one attached hydrogen (secondary N) is 2. The molecule has 0 aliphatic carbocycles. The van der Waals surface area contributed by atoms with Crippen LogP contribution in [0.4, 0.5) is 11.6 Å². The summed E-state index contributed by atoms with van der Waals surface area (Å²) < 4.78 is 35.6. The molecule has 3 aromatic carbocycles. The maximum atomic E-state index is 13.2. The standard InChI is InChI=1S/C31H36N4O3S2/c1-21-8-6-9-22(2)30(21)27-19-29-34-31(33-27)35-40(36,37)26-11-7-10-25(18-26)32-20-28(38-29)24-14-12-23(13-15-24)16-17-39(3,4)5/h6-15,18-19,28,32H,16-17,20H2,1-5H3,(H,33,34,35)/t28-/m0/s1. The molecule has 0 radical (unpaired) electrons. The van der Waals surface area contributed by atoms with Gasteiger partial charge in [0.05, 0.1) is 17.1 Å². The van der Waals surface area contributed by atoms with Crippen LogP contribution in [-0.4, -0.2) is 49.5 Å². The lowest BCUT2D eigenvalue weighted by Gasteiger charge is -2.25. The zero-order chi connectivity index (χ0) is 28.5. The van der Waals surface area contributed by atoms with Crippen molar-refractivity contribution in [3.05, 3.63) is 95.1 Å². The van der Waals surface area contributed by atoms with E-state index in [1.165, 1.54) is 11.3 Å². The molecule has 1 aliphatic rings. The molecular weight excluding hydrogens is 541 g/mol. The van der Waals surface area contributed by atoms with Crippen molar-refractivity contribution in [3.63, 3.8) is 0 Å². The molecule has 5 rings (SSSR count). The Bertz CT molecular complexity index is 1610. The van der Waals surface area contributed by atoms with Crippen LogP contribution in [0, 0.1) is 13.8 Å². The van der Waals surface area contributed by atoms with Crippen LogP contribution in [0.25, 0.3) is 11.3 Å². The minimum atomic E-state index is -3.92. The Hall–Kier alpha value is -3.56. The molecule has 0 saturated carbocycles. The normalized spacial score (nSPS) is 16.9. The molecule has 2 N–H and O–H groups in total. The number of hydrogen-bond acceptors (Lipinski definition) is 6. The maximum Gasteiger partial charge on any atom is 0.264 e. The van der Waals surface area contributed by atoms with E-state index in [1.807, 2.05) is 38.1 Å². The van der Waals surface area contributed by atoms with E-state index in [4.69, 9.17) is 4.74 Å². The van der Waals surface area contributed by atoms with E-state index in [9.17, 15) is 8.42 Å². The second-order valence-corrected chi connectivity index (χ2v) is 17.4.